The van der Waals surface area contributed by atoms with Crippen LogP contribution in [-0.4, -0.2) is 24.7 Å². The van der Waals surface area contributed by atoms with E-state index in [0.29, 0.717) is 12.0 Å². The summed E-state index contributed by atoms with van der Waals surface area (Å²) in [5, 5.41) is 6.89. The van der Waals surface area contributed by atoms with Crippen LogP contribution in [0.25, 0.3) is 22.3 Å². The van der Waals surface area contributed by atoms with Crippen molar-refractivity contribution >= 4 is 27.1 Å². The first kappa shape index (κ1) is 14.3. The normalized spacial score (nSPS) is 14.5. The van der Waals surface area contributed by atoms with Gasteiger partial charge in [0, 0.05) is 29.6 Å². The zero-order chi connectivity index (χ0) is 15.0. The molecule has 2 atom stereocenters. The van der Waals surface area contributed by atoms with Gasteiger partial charge in [-0.3, -0.25) is 5.10 Å². The van der Waals surface area contributed by atoms with Crippen LogP contribution in [0.2, 0.25) is 0 Å². The summed E-state index contributed by atoms with van der Waals surface area (Å²) in [5.41, 5.74) is 3.85. The third-order valence-electron chi connectivity index (χ3n) is 4.03. The quantitative estimate of drug-likeness (QED) is 0.726. The van der Waals surface area contributed by atoms with Crippen molar-refractivity contribution in [2.45, 2.75) is 26.8 Å². The van der Waals surface area contributed by atoms with E-state index >= 15 is 0 Å². The highest BCUT2D eigenvalue weighted by atomic mass is 79.9. The molecule has 6 heteroatoms. The number of nitrogens with one attached hydrogen (secondary N) is 1. The van der Waals surface area contributed by atoms with E-state index in [1.165, 1.54) is 0 Å². The first-order valence-electron chi connectivity index (χ1n) is 6.93. The van der Waals surface area contributed by atoms with Crippen molar-refractivity contribution < 1.29 is 0 Å². The summed E-state index contributed by atoms with van der Waals surface area (Å²) in [4.78, 5) is 9.16. The van der Waals surface area contributed by atoms with E-state index in [2.05, 4.69) is 74.1 Å². The Hall–Kier alpha value is -1.69. The number of aromatic amines is 1. The third-order valence-corrected chi connectivity index (χ3v) is 4.41. The van der Waals surface area contributed by atoms with Gasteiger partial charge in [-0.15, -0.1) is 5.92 Å². The smallest absolute Gasteiger partial charge is 0.159 e. The van der Waals surface area contributed by atoms with E-state index in [4.69, 9.17) is 0 Å². The average Bonchev–Trinajstić information content (AvgIpc) is 3.12. The number of fused-ring (bicyclic) bond motifs is 1. The fourth-order valence-electron chi connectivity index (χ4n) is 2.44. The molecule has 110 valence electrons. The minimum absolute atomic E-state index is 0.314. The molecule has 0 bridgehead atoms. The second-order valence-corrected chi connectivity index (χ2v) is 6.05. The molecule has 0 aliphatic rings. The van der Waals surface area contributed by atoms with Gasteiger partial charge in [-0.1, -0.05) is 6.92 Å². The summed E-state index contributed by atoms with van der Waals surface area (Å²) < 4.78 is 2.93. The molecule has 0 fully saturated rings. The summed E-state index contributed by atoms with van der Waals surface area (Å²) in [7, 11) is 0. The Morgan fingerprint density at radius 2 is 2.14 bits per heavy atom. The van der Waals surface area contributed by atoms with Crippen LogP contribution in [0, 0.1) is 12.3 Å². The molecule has 0 saturated carbocycles. The molecule has 3 heterocycles. The van der Waals surface area contributed by atoms with Gasteiger partial charge >= 0.3 is 0 Å². The van der Waals surface area contributed by atoms with Crippen molar-refractivity contribution in [3.05, 3.63) is 35.8 Å². The van der Waals surface area contributed by atoms with Gasteiger partial charge < -0.3 is 11.0 Å². The van der Waals surface area contributed by atoms with Crippen LogP contribution in [0.4, 0.5) is 0 Å². The fourth-order valence-corrected chi connectivity index (χ4v) is 2.72. The minimum atomic E-state index is 0.314. The second-order valence-electron chi connectivity index (χ2n) is 5.24. The van der Waals surface area contributed by atoms with Crippen LogP contribution in [0.3, 0.4) is 0 Å². The van der Waals surface area contributed by atoms with E-state index in [9.17, 15) is 0 Å². The van der Waals surface area contributed by atoms with E-state index in [1.807, 2.05) is 12.4 Å². The monoisotopic (exact) mass is 346 g/mol. The molecule has 1 N–H and O–H groups in total. The predicted molar refractivity (Wildman–Crippen MR) is 86.7 cm³/mol. The molecule has 5 nitrogen and oxygen atoms in total. The van der Waals surface area contributed by atoms with Crippen molar-refractivity contribution in [2.24, 2.45) is 5.92 Å². The van der Waals surface area contributed by atoms with Crippen molar-refractivity contribution in [1.29, 1.82) is 0 Å². The highest BCUT2D eigenvalue weighted by Gasteiger charge is 2.18. The number of H-pyrrole nitrogens is 1. The lowest BCUT2D eigenvalue weighted by molar-refractivity contribution is 0.431. The lowest BCUT2D eigenvalue weighted by atomic mass is 10.0. The molecule has 0 saturated heterocycles. The van der Waals surface area contributed by atoms with Gasteiger partial charge in [0.25, 0.3) is 0 Å². The number of rotatable bonds is 4. The molecular weight excluding hydrogens is 330 g/mol. The Labute approximate surface area is 131 Å². The zero-order valence-electron chi connectivity index (χ0n) is 12.2. The van der Waals surface area contributed by atoms with Crippen molar-refractivity contribution in [1.82, 2.24) is 24.7 Å². The molecule has 0 radical (unpaired) electrons. The maximum absolute atomic E-state index is 4.60. The Morgan fingerprint density at radius 1 is 1.33 bits per heavy atom. The molecule has 0 aliphatic carbocycles. The highest BCUT2D eigenvalue weighted by molar-refractivity contribution is 9.10. The fraction of sp³-hybridized carbons (Fsp3) is 0.333. The lowest BCUT2D eigenvalue weighted by Gasteiger charge is -2.27. The largest absolute Gasteiger partial charge is 0.330 e. The maximum Gasteiger partial charge on any atom is 0.159 e. The molecule has 0 spiro atoms. The van der Waals surface area contributed by atoms with Gasteiger partial charge in [0.2, 0.25) is 0 Å². The van der Waals surface area contributed by atoms with Crippen molar-refractivity contribution in [3.63, 3.8) is 0 Å². The van der Waals surface area contributed by atoms with Gasteiger partial charge in [0.15, 0.2) is 5.65 Å². The summed E-state index contributed by atoms with van der Waals surface area (Å²) in [6.07, 6.45) is 9.75. The Balaban J connectivity index is 2.22. The Kier molecular flexibility index (Phi) is 3.80. The molecule has 3 aromatic heterocycles. The molecule has 21 heavy (non-hydrogen) atoms. The number of nitrogens with zero attached hydrogens (tertiary/aromatic N) is 4. The summed E-state index contributed by atoms with van der Waals surface area (Å²) in [5.74, 6) is 0.447. The van der Waals surface area contributed by atoms with E-state index in [0.717, 1.165) is 26.9 Å². The van der Waals surface area contributed by atoms with Gasteiger partial charge in [0.1, 0.15) is 10.1 Å². The lowest BCUT2D eigenvalue weighted by Crippen LogP contribution is -2.13. The molecule has 2 unspecified atom stereocenters. The third kappa shape index (κ3) is 2.48. The number of aromatic nitrogens is 5. The Bertz CT molecular complexity index is 747. The molecule has 0 amide bonds. The molecule has 0 aromatic carbocycles. The number of halogens is 1. The van der Waals surface area contributed by atoms with Crippen LogP contribution in [0.15, 0.2) is 29.4 Å². The van der Waals surface area contributed by atoms with E-state index < -0.39 is 0 Å². The molecular formula is C15H17BrN5-. The Morgan fingerprint density at radius 3 is 2.81 bits per heavy atom. The van der Waals surface area contributed by atoms with Crippen LogP contribution in [0.5, 0.6) is 0 Å². The minimum Gasteiger partial charge on any atom is -0.330 e. The van der Waals surface area contributed by atoms with Crippen LogP contribution < -0.4 is 0 Å². The van der Waals surface area contributed by atoms with Crippen LogP contribution in [-0.2, 0) is 0 Å². The summed E-state index contributed by atoms with van der Waals surface area (Å²) in [6, 6.07) is 0.314. The number of hydrogen-bond donors (Lipinski definition) is 1. The van der Waals surface area contributed by atoms with Gasteiger partial charge in [-0.05, 0) is 22.9 Å². The van der Waals surface area contributed by atoms with E-state index in [-0.39, 0.29) is 0 Å². The average molecular weight is 347 g/mol. The van der Waals surface area contributed by atoms with Crippen molar-refractivity contribution in [3.8, 4) is 11.1 Å². The summed E-state index contributed by atoms with van der Waals surface area (Å²) >= 11 is 3.41. The molecule has 3 aromatic rings. The molecule has 3 rings (SSSR count). The standard InChI is InChI=1S/C15H17BrN5/c1-4-9(2)10(3)21-8-12(11-5-18-19-6-11)14-15(21)17-7-13(16)20-14/h4-10H,1-3H3,(H,18,19)/q-1. The predicted octanol–water partition coefficient (Wildman–Crippen LogP) is 4.01. The number of hydrogen-bond acceptors (Lipinski definition) is 3. The zero-order valence-corrected chi connectivity index (χ0v) is 13.8. The molecule has 0 aliphatic heterocycles. The van der Waals surface area contributed by atoms with Crippen LogP contribution in [0.1, 0.15) is 26.8 Å². The SMILES string of the molecule is C[CH-]C(C)C(C)n1cc(-c2cn[nH]c2)c2nc(Br)cnc21. The van der Waals surface area contributed by atoms with E-state index in [1.54, 1.807) is 6.20 Å². The van der Waals surface area contributed by atoms with Crippen molar-refractivity contribution in [2.75, 3.05) is 0 Å². The first-order valence-corrected chi connectivity index (χ1v) is 7.72. The van der Waals surface area contributed by atoms with Crippen LogP contribution >= 0.6 is 15.9 Å². The first-order chi connectivity index (χ1) is 10.1. The van der Waals surface area contributed by atoms with Gasteiger partial charge in [0.05, 0.1) is 12.4 Å². The highest BCUT2D eigenvalue weighted by Crippen LogP contribution is 2.32. The summed E-state index contributed by atoms with van der Waals surface area (Å²) in [6.45, 7) is 6.50. The second kappa shape index (κ2) is 5.60. The van der Waals surface area contributed by atoms with Gasteiger partial charge in [-0.25, -0.2) is 9.97 Å². The topological polar surface area (TPSA) is 59.4 Å². The maximum atomic E-state index is 4.60. The van der Waals surface area contributed by atoms with Gasteiger partial charge in [-0.2, -0.15) is 12.0 Å².